The summed E-state index contributed by atoms with van der Waals surface area (Å²) < 4.78 is 10.9. The third-order valence-electron chi connectivity index (χ3n) is 3.44. The predicted octanol–water partition coefficient (Wildman–Crippen LogP) is 2.00. The zero-order valence-corrected chi connectivity index (χ0v) is 13.4. The van der Waals surface area contributed by atoms with E-state index in [0.717, 1.165) is 17.8 Å². The standard InChI is InChI=1S/C14H18N4O3S/c1-3-4-12-15-7-11(22-12)14(19)18-5-6-20-8-10(18)13-17-16-9(2)21-13/h7,10H,3-6,8H2,1-2H3. The zero-order valence-electron chi connectivity index (χ0n) is 12.6. The van der Waals surface area contributed by atoms with Crippen LogP contribution in [0.3, 0.4) is 0 Å². The molecule has 3 heterocycles. The van der Waals surface area contributed by atoms with Crippen molar-refractivity contribution in [2.45, 2.75) is 32.7 Å². The number of aromatic nitrogens is 3. The quantitative estimate of drug-likeness (QED) is 0.856. The summed E-state index contributed by atoms with van der Waals surface area (Å²) in [6.45, 7) is 5.21. The van der Waals surface area contributed by atoms with Crippen LogP contribution in [0, 0.1) is 6.92 Å². The first kappa shape index (κ1) is 15.1. The number of ether oxygens (including phenoxy) is 1. The Kier molecular flexibility index (Phi) is 4.49. The van der Waals surface area contributed by atoms with Crippen molar-refractivity contribution in [1.29, 1.82) is 0 Å². The van der Waals surface area contributed by atoms with Crippen LogP contribution in [0.15, 0.2) is 10.6 Å². The molecule has 2 aromatic heterocycles. The van der Waals surface area contributed by atoms with Gasteiger partial charge in [-0.1, -0.05) is 6.92 Å². The number of thiazole rings is 1. The van der Waals surface area contributed by atoms with Crippen LogP contribution >= 0.6 is 11.3 Å². The van der Waals surface area contributed by atoms with E-state index in [1.165, 1.54) is 11.3 Å². The lowest BCUT2D eigenvalue weighted by molar-refractivity contribution is -0.0104. The molecular formula is C14H18N4O3S. The van der Waals surface area contributed by atoms with E-state index in [4.69, 9.17) is 9.15 Å². The molecule has 0 bridgehead atoms. The first-order chi connectivity index (χ1) is 10.7. The van der Waals surface area contributed by atoms with Crippen LogP contribution < -0.4 is 0 Å². The van der Waals surface area contributed by atoms with Gasteiger partial charge in [-0.15, -0.1) is 21.5 Å². The highest BCUT2D eigenvalue weighted by atomic mass is 32.1. The zero-order chi connectivity index (χ0) is 15.5. The molecule has 1 amide bonds. The van der Waals surface area contributed by atoms with Crippen LogP contribution in [-0.2, 0) is 11.2 Å². The maximum Gasteiger partial charge on any atom is 0.266 e. The lowest BCUT2D eigenvalue weighted by Gasteiger charge is -2.32. The number of morpholine rings is 1. The molecule has 1 aliphatic heterocycles. The monoisotopic (exact) mass is 322 g/mol. The number of carbonyl (C=O) groups is 1. The van der Waals surface area contributed by atoms with Gasteiger partial charge in [-0.3, -0.25) is 4.79 Å². The summed E-state index contributed by atoms with van der Waals surface area (Å²) in [7, 11) is 0. The van der Waals surface area contributed by atoms with Gasteiger partial charge in [-0.2, -0.15) is 0 Å². The molecule has 0 aliphatic carbocycles. The van der Waals surface area contributed by atoms with Gasteiger partial charge in [0.15, 0.2) is 0 Å². The highest BCUT2D eigenvalue weighted by Crippen LogP contribution is 2.27. The van der Waals surface area contributed by atoms with Crippen LogP contribution in [-0.4, -0.2) is 45.7 Å². The normalized spacial score (nSPS) is 18.6. The molecule has 1 atom stereocenters. The lowest BCUT2D eigenvalue weighted by atomic mass is 10.2. The van der Waals surface area contributed by atoms with Crippen LogP contribution in [0.1, 0.15) is 45.8 Å². The van der Waals surface area contributed by atoms with Crippen LogP contribution in [0.2, 0.25) is 0 Å². The summed E-state index contributed by atoms with van der Waals surface area (Å²) in [4.78, 5) is 19.5. The summed E-state index contributed by atoms with van der Waals surface area (Å²) in [5.41, 5.74) is 0. The summed E-state index contributed by atoms with van der Waals surface area (Å²) in [5, 5.41) is 8.85. The molecule has 0 saturated carbocycles. The third-order valence-corrected chi connectivity index (χ3v) is 4.49. The Morgan fingerprint density at radius 3 is 3.09 bits per heavy atom. The van der Waals surface area contributed by atoms with E-state index >= 15 is 0 Å². The van der Waals surface area contributed by atoms with Crippen molar-refractivity contribution in [3.63, 3.8) is 0 Å². The maximum atomic E-state index is 12.8. The second kappa shape index (κ2) is 6.53. The Balaban J connectivity index is 1.81. The molecule has 2 aromatic rings. The Hall–Kier alpha value is -1.80. The molecule has 8 heteroatoms. The van der Waals surface area contributed by atoms with E-state index < -0.39 is 0 Å². The second-order valence-corrected chi connectivity index (χ2v) is 6.23. The minimum atomic E-state index is -0.334. The van der Waals surface area contributed by atoms with Crippen molar-refractivity contribution in [2.24, 2.45) is 0 Å². The van der Waals surface area contributed by atoms with E-state index in [2.05, 4.69) is 22.1 Å². The molecule has 1 unspecified atom stereocenters. The minimum absolute atomic E-state index is 0.0518. The van der Waals surface area contributed by atoms with Gasteiger partial charge in [-0.25, -0.2) is 4.98 Å². The Morgan fingerprint density at radius 1 is 1.50 bits per heavy atom. The average molecular weight is 322 g/mol. The van der Waals surface area contributed by atoms with Crippen molar-refractivity contribution in [3.8, 4) is 0 Å². The number of nitrogens with zero attached hydrogens (tertiary/aromatic N) is 4. The van der Waals surface area contributed by atoms with Crippen molar-refractivity contribution in [1.82, 2.24) is 20.1 Å². The van der Waals surface area contributed by atoms with Gasteiger partial charge in [0.25, 0.3) is 5.91 Å². The Morgan fingerprint density at radius 2 is 2.36 bits per heavy atom. The minimum Gasteiger partial charge on any atom is -0.423 e. The smallest absolute Gasteiger partial charge is 0.266 e. The van der Waals surface area contributed by atoms with Crippen LogP contribution in [0.4, 0.5) is 0 Å². The van der Waals surface area contributed by atoms with Gasteiger partial charge in [0.2, 0.25) is 11.8 Å². The molecule has 1 fully saturated rings. The van der Waals surface area contributed by atoms with Gasteiger partial charge in [0, 0.05) is 13.5 Å². The number of hydrogen-bond acceptors (Lipinski definition) is 7. The predicted molar refractivity (Wildman–Crippen MR) is 79.7 cm³/mol. The molecule has 0 spiro atoms. The van der Waals surface area contributed by atoms with E-state index in [9.17, 15) is 4.79 Å². The molecule has 1 aliphatic rings. The molecule has 22 heavy (non-hydrogen) atoms. The van der Waals surface area contributed by atoms with Gasteiger partial charge >= 0.3 is 0 Å². The summed E-state index contributed by atoms with van der Waals surface area (Å²) in [6, 6.07) is -0.334. The average Bonchev–Trinajstić information content (AvgIpc) is 3.16. The number of amides is 1. The highest BCUT2D eigenvalue weighted by molar-refractivity contribution is 7.13. The summed E-state index contributed by atoms with van der Waals surface area (Å²) in [5.74, 6) is 0.851. The molecule has 0 aromatic carbocycles. The number of carbonyl (C=O) groups excluding carboxylic acids is 1. The molecule has 0 N–H and O–H groups in total. The van der Waals surface area contributed by atoms with Gasteiger partial charge in [-0.05, 0) is 12.8 Å². The molecule has 7 nitrogen and oxygen atoms in total. The highest BCUT2D eigenvalue weighted by Gasteiger charge is 2.33. The summed E-state index contributed by atoms with van der Waals surface area (Å²) in [6.07, 6.45) is 3.57. The summed E-state index contributed by atoms with van der Waals surface area (Å²) >= 11 is 1.45. The number of hydrogen-bond donors (Lipinski definition) is 0. The third kappa shape index (κ3) is 3.02. The lowest BCUT2D eigenvalue weighted by Crippen LogP contribution is -2.43. The molecular weight excluding hydrogens is 304 g/mol. The van der Waals surface area contributed by atoms with Gasteiger partial charge < -0.3 is 14.1 Å². The molecule has 3 rings (SSSR count). The van der Waals surface area contributed by atoms with Crippen LogP contribution in [0.5, 0.6) is 0 Å². The van der Waals surface area contributed by atoms with Gasteiger partial charge in [0.05, 0.1) is 24.4 Å². The van der Waals surface area contributed by atoms with Crippen molar-refractivity contribution in [3.05, 3.63) is 27.9 Å². The molecule has 0 radical (unpaired) electrons. The second-order valence-electron chi connectivity index (χ2n) is 5.12. The molecule has 118 valence electrons. The van der Waals surface area contributed by atoms with Crippen molar-refractivity contribution >= 4 is 17.2 Å². The van der Waals surface area contributed by atoms with Crippen molar-refractivity contribution in [2.75, 3.05) is 19.8 Å². The van der Waals surface area contributed by atoms with E-state index in [0.29, 0.717) is 36.4 Å². The topological polar surface area (TPSA) is 81.4 Å². The maximum absolute atomic E-state index is 12.8. The largest absolute Gasteiger partial charge is 0.423 e. The fourth-order valence-electron chi connectivity index (χ4n) is 2.38. The SMILES string of the molecule is CCCc1ncc(C(=O)N2CCOCC2c2nnc(C)o2)s1. The van der Waals surface area contributed by atoms with E-state index in [1.54, 1.807) is 18.0 Å². The fourth-order valence-corrected chi connectivity index (χ4v) is 3.35. The van der Waals surface area contributed by atoms with Crippen molar-refractivity contribution < 1.29 is 13.9 Å². The number of rotatable bonds is 4. The van der Waals surface area contributed by atoms with E-state index in [-0.39, 0.29) is 11.9 Å². The number of aryl methyl sites for hydroxylation is 2. The first-order valence-corrected chi connectivity index (χ1v) is 8.14. The Bertz CT molecular complexity index is 654. The van der Waals surface area contributed by atoms with Gasteiger partial charge in [0.1, 0.15) is 10.9 Å². The Labute approximate surface area is 132 Å². The fraction of sp³-hybridized carbons (Fsp3) is 0.571. The van der Waals surface area contributed by atoms with Crippen LogP contribution in [0.25, 0.3) is 0 Å². The molecule has 1 saturated heterocycles. The van der Waals surface area contributed by atoms with E-state index in [1.807, 2.05) is 0 Å². The first-order valence-electron chi connectivity index (χ1n) is 7.32.